The van der Waals surface area contributed by atoms with Crippen LogP contribution in [0.15, 0.2) is 47.4 Å². The number of rotatable bonds is 7. The van der Waals surface area contributed by atoms with Crippen LogP contribution in [0.4, 0.5) is 4.79 Å². The number of aliphatic carboxylic acids is 1. The molecule has 2 aromatic rings. The van der Waals surface area contributed by atoms with Crippen LogP contribution in [0.2, 0.25) is 5.02 Å². The number of carboxylic acid groups (broad SMARTS) is 1. The quantitative estimate of drug-likeness (QED) is 0.603. The number of benzene rings is 2. The Morgan fingerprint density at radius 2 is 1.97 bits per heavy atom. The number of hydrogen-bond donors (Lipinski definition) is 0. The summed E-state index contributed by atoms with van der Waals surface area (Å²) >= 11 is 6.96. The summed E-state index contributed by atoms with van der Waals surface area (Å²) in [5.74, 6) is -1.27. The van der Waals surface area contributed by atoms with Gasteiger partial charge in [0.25, 0.3) is 11.1 Å². The Morgan fingerprint density at radius 1 is 1.23 bits per heavy atom. The molecule has 1 aliphatic heterocycles. The summed E-state index contributed by atoms with van der Waals surface area (Å²) in [6.07, 6.45) is 0.400. The maximum atomic E-state index is 12.7. The number of carbonyl (C=O) groups is 3. The van der Waals surface area contributed by atoms with Crippen molar-refractivity contribution in [1.29, 1.82) is 0 Å². The van der Waals surface area contributed by atoms with Crippen molar-refractivity contribution >= 4 is 46.6 Å². The third-order valence-electron chi connectivity index (χ3n) is 4.28. The number of nitrogens with zero attached hydrogens (tertiary/aromatic N) is 1. The molecule has 2 amide bonds. The maximum absolute atomic E-state index is 12.7. The maximum Gasteiger partial charge on any atom is 0.293 e. The third-order valence-corrected chi connectivity index (χ3v) is 5.56. The number of halogens is 1. The van der Waals surface area contributed by atoms with Gasteiger partial charge < -0.3 is 19.4 Å². The lowest BCUT2D eigenvalue weighted by Gasteiger charge is -2.17. The lowest BCUT2D eigenvalue weighted by molar-refractivity contribution is -0.312. The molecule has 1 atom stereocenters. The second-order valence-electron chi connectivity index (χ2n) is 6.35. The van der Waals surface area contributed by atoms with Crippen LogP contribution in [0.3, 0.4) is 0 Å². The van der Waals surface area contributed by atoms with Crippen molar-refractivity contribution < 1.29 is 29.0 Å². The molecule has 1 aliphatic rings. The minimum atomic E-state index is -1.35. The second kappa shape index (κ2) is 9.23. The van der Waals surface area contributed by atoms with Crippen molar-refractivity contribution in [1.82, 2.24) is 4.90 Å². The van der Waals surface area contributed by atoms with Crippen LogP contribution >= 0.6 is 23.4 Å². The Kier molecular flexibility index (Phi) is 6.69. The normalized spacial score (nSPS) is 16.1. The largest absolute Gasteiger partial charge is 0.546 e. The number of thioether (sulfide) groups is 1. The molecule has 9 heteroatoms. The molecule has 0 aliphatic carbocycles. The molecule has 1 fully saturated rings. The highest BCUT2D eigenvalue weighted by Gasteiger charge is 2.35. The Balaban J connectivity index is 1.81. The van der Waals surface area contributed by atoms with Crippen molar-refractivity contribution in [2.24, 2.45) is 0 Å². The van der Waals surface area contributed by atoms with E-state index in [1.807, 2.05) is 0 Å². The van der Waals surface area contributed by atoms with Gasteiger partial charge in [-0.15, -0.1) is 0 Å². The van der Waals surface area contributed by atoms with E-state index in [-0.39, 0.29) is 28.2 Å². The Labute approximate surface area is 182 Å². The molecule has 30 heavy (non-hydrogen) atoms. The monoisotopic (exact) mass is 446 g/mol. The first-order valence-electron chi connectivity index (χ1n) is 8.84. The molecule has 0 saturated carbocycles. The van der Waals surface area contributed by atoms with Crippen LogP contribution in [0.25, 0.3) is 6.08 Å². The molecule has 7 nitrogen and oxygen atoms in total. The highest BCUT2D eigenvalue weighted by molar-refractivity contribution is 8.18. The minimum Gasteiger partial charge on any atom is -0.546 e. The molecule has 0 spiro atoms. The van der Waals surface area contributed by atoms with Crippen molar-refractivity contribution in [3.05, 3.63) is 63.5 Å². The lowest BCUT2D eigenvalue weighted by atomic mass is 10.1. The van der Waals surface area contributed by atoms with Gasteiger partial charge in [-0.3, -0.25) is 14.5 Å². The summed E-state index contributed by atoms with van der Waals surface area (Å²) in [7, 11) is 1.41. The summed E-state index contributed by atoms with van der Waals surface area (Å²) in [6, 6.07) is 11.7. The first-order chi connectivity index (χ1) is 14.3. The number of ether oxygens (including phenoxy) is 2. The average Bonchev–Trinajstić information content (AvgIpc) is 2.97. The molecule has 0 unspecified atom stereocenters. The molecule has 2 aromatic carbocycles. The summed E-state index contributed by atoms with van der Waals surface area (Å²) in [5, 5.41) is 11.0. The standard InChI is InChI=1S/C21H18ClNO6S/c1-12(20(25)26)29-16-8-7-13(9-17(16)28-2)10-18-19(24)23(21(27)30-18)11-14-5-3-4-6-15(14)22/h3-10,12H,11H2,1-2H3,(H,25,26)/p-1/b18-10+/t12-/m0/s1. The SMILES string of the molecule is COc1cc(/C=C2/SC(=O)N(Cc3ccccc3Cl)C2=O)ccc1O[C@@H](C)C(=O)[O-]. The first-order valence-corrected chi connectivity index (χ1v) is 10.0. The Morgan fingerprint density at radius 3 is 2.63 bits per heavy atom. The molecule has 0 aromatic heterocycles. The average molecular weight is 447 g/mol. The molecular weight excluding hydrogens is 430 g/mol. The van der Waals surface area contributed by atoms with Crippen LogP contribution in [-0.2, 0) is 16.1 Å². The van der Waals surface area contributed by atoms with Crippen LogP contribution in [-0.4, -0.2) is 35.2 Å². The Hall–Kier alpha value is -2.97. The van der Waals surface area contributed by atoms with Crippen molar-refractivity contribution in [2.75, 3.05) is 7.11 Å². The molecule has 1 heterocycles. The fourth-order valence-corrected chi connectivity index (χ4v) is 3.73. The zero-order valence-corrected chi connectivity index (χ0v) is 17.7. The summed E-state index contributed by atoms with van der Waals surface area (Å²) < 4.78 is 10.5. The van der Waals surface area contributed by atoms with Gasteiger partial charge in [-0.1, -0.05) is 35.9 Å². The number of amides is 2. The predicted octanol–water partition coefficient (Wildman–Crippen LogP) is 3.10. The molecule has 1 saturated heterocycles. The highest BCUT2D eigenvalue weighted by Crippen LogP contribution is 2.36. The minimum absolute atomic E-state index is 0.0822. The summed E-state index contributed by atoms with van der Waals surface area (Å²) in [6.45, 7) is 1.43. The van der Waals surface area contributed by atoms with Crippen molar-refractivity contribution in [3.63, 3.8) is 0 Å². The smallest absolute Gasteiger partial charge is 0.293 e. The molecule has 3 rings (SSSR count). The van der Waals surface area contributed by atoms with Crippen molar-refractivity contribution in [3.8, 4) is 11.5 Å². The number of imide groups is 1. The number of carbonyl (C=O) groups excluding carboxylic acids is 3. The van der Waals surface area contributed by atoms with E-state index in [1.165, 1.54) is 20.1 Å². The van der Waals surface area contributed by atoms with E-state index in [1.54, 1.807) is 42.5 Å². The van der Waals surface area contributed by atoms with Crippen LogP contribution in [0.5, 0.6) is 11.5 Å². The van der Waals surface area contributed by atoms with E-state index >= 15 is 0 Å². The van der Waals surface area contributed by atoms with Gasteiger partial charge in [0, 0.05) is 5.02 Å². The second-order valence-corrected chi connectivity index (χ2v) is 7.75. The molecule has 0 N–H and O–H groups in total. The van der Waals surface area contributed by atoms with Gasteiger partial charge in [0.2, 0.25) is 0 Å². The van der Waals surface area contributed by atoms with E-state index in [0.29, 0.717) is 16.1 Å². The number of methoxy groups -OCH3 is 1. The van der Waals surface area contributed by atoms with Gasteiger partial charge >= 0.3 is 0 Å². The number of hydrogen-bond acceptors (Lipinski definition) is 7. The van der Waals surface area contributed by atoms with E-state index in [4.69, 9.17) is 21.1 Å². The Bertz CT molecular complexity index is 1040. The van der Waals surface area contributed by atoms with Crippen LogP contribution in [0.1, 0.15) is 18.1 Å². The topological polar surface area (TPSA) is 96.0 Å². The number of carboxylic acids is 1. The molecule has 0 bridgehead atoms. The molecular formula is C21H17ClNO6S-. The van der Waals surface area contributed by atoms with Crippen LogP contribution < -0.4 is 14.6 Å². The van der Waals surface area contributed by atoms with E-state index in [0.717, 1.165) is 16.7 Å². The van der Waals surface area contributed by atoms with E-state index < -0.39 is 18.0 Å². The third kappa shape index (κ3) is 4.77. The van der Waals surface area contributed by atoms with Gasteiger partial charge in [-0.25, -0.2) is 0 Å². The summed E-state index contributed by atoms with van der Waals surface area (Å²) in [4.78, 5) is 37.3. The van der Waals surface area contributed by atoms with Gasteiger partial charge in [-0.05, 0) is 54.1 Å². The van der Waals surface area contributed by atoms with Gasteiger partial charge in [0.15, 0.2) is 11.5 Å². The first kappa shape index (κ1) is 21.7. The molecule has 0 radical (unpaired) electrons. The zero-order valence-electron chi connectivity index (χ0n) is 16.1. The summed E-state index contributed by atoms with van der Waals surface area (Å²) in [5.41, 5.74) is 1.26. The van der Waals surface area contributed by atoms with Gasteiger partial charge in [-0.2, -0.15) is 0 Å². The van der Waals surface area contributed by atoms with Gasteiger partial charge in [0.1, 0.15) is 6.10 Å². The zero-order chi connectivity index (χ0) is 21.8. The fraction of sp³-hybridized carbons (Fsp3) is 0.190. The highest BCUT2D eigenvalue weighted by atomic mass is 35.5. The van der Waals surface area contributed by atoms with Crippen molar-refractivity contribution in [2.45, 2.75) is 19.6 Å². The predicted molar refractivity (Wildman–Crippen MR) is 111 cm³/mol. The lowest BCUT2D eigenvalue weighted by Crippen LogP contribution is -2.37. The van der Waals surface area contributed by atoms with E-state index in [2.05, 4.69) is 0 Å². The fourth-order valence-electron chi connectivity index (χ4n) is 2.69. The van der Waals surface area contributed by atoms with E-state index in [9.17, 15) is 19.5 Å². The molecule has 156 valence electrons. The van der Waals surface area contributed by atoms with Gasteiger partial charge in [0.05, 0.1) is 24.5 Å². The van der Waals surface area contributed by atoms with Crippen LogP contribution in [0, 0.1) is 0 Å².